The number of carbonyl (C=O) groups is 1. The van der Waals surface area contributed by atoms with Gasteiger partial charge >= 0.3 is 5.97 Å². The lowest BCUT2D eigenvalue weighted by molar-refractivity contribution is 0.0696. The molecule has 5 rings (SSSR count). The molecule has 1 aliphatic rings. The van der Waals surface area contributed by atoms with Crippen LogP contribution in [0, 0.1) is 0 Å². The van der Waals surface area contributed by atoms with Crippen molar-refractivity contribution in [3.8, 4) is 34.0 Å². The number of aromatic nitrogens is 5. The molecule has 0 bridgehead atoms. The molecule has 2 aromatic carbocycles. The average Bonchev–Trinajstić information content (AvgIpc) is 3.45. The molecule has 0 aliphatic heterocycles. The van der Waals surface area contributed by atoms with Gasteiger partial charge in [-0.05, 0) is 67.1 Å². The number of rotatable bonds is 5. The summed E-state index contributed by atoms with van der Waals surface area (Å²) in [6.07, 6.45) is 4.03. The second kappa shape index (κ2) is 7.80. The zero-order valence-electron chi connectivity index (χ0n) is 16.8. The maximum absolute atomic E-state index is 12.4. The van der Waals surface area contributed by atoms with Gasteiger partial charge in [0.15, 0.2) is 5.52 Å². The summed E-state index contributed by atoms with van der Waals surface area (Å²) in [4.78, 5) is 30.9. The molecule has 0 unspecified atom stereocenters. The highest BCUT2D eigenvalue weighted by Crippen LogP contribution is 2.36. The molecular formula is C22H19N5O5. The molecule has 2 heterocycles. The van der Waals surface area contributed by atoms with E-state index in [2.05, 4.69) is 25.4 Å². The van der Waals surface area contributed by atoms with Crippen molar-refractivity contribution in [3.05, 3.63) is 52.3 Å². The highest BCUT2D eigenvalue weighted by atomic mass is 16.5. The minimum Gasteiger partial charge on any atom is -0.508 e. The number of hydrogen-bond donors (Lipinski definition) is 4. The topological polar surface area (TPSA) is 154 Å². The fraction of sp³-hybridized carbons (Fsp3) is 0.227. The Balaban J connectivity index is 1.64. The third-order valence-corrected chi connectivity index (χ3v) is 5.52. The SMILES string of the molecule is O=C(O)c1cc(O)cc(-c2ccc(-c3nc4n[nH]nc4c(=O)[nH]3)c(OC3CCCC3)c2)c1. The number of hydrogen-bond acceptors (Lipinski definition) is 7. The summed E-state index contributed by atoms with van der Waals surface area (Å²) in [5.41, 5.74) is 1.62. The molecule has 0 radical (unpaired) electrons. The van der Waals surface area contributed by atoms with Gasteiger partial charge in [-0.25, -0.2) is 9.78 Å². The number of aromatic amines is 2. The Labute approximate surface area is 180 Å². The van der Waals surface area contributed by atoms with Crippen molar-refractivity contribution in [2.75, 3.05) is 0 Å². The maximum Gasteiger partial charge on any atom is 0.335 e. The van der Waals surface area contributed by atoms with Crippen LogP contribution in [0.15, 0.2) is 41.2 Å². The van der Waals surface area contributed by atoms with E-state index in [9.17, 15) is 19.8 Å². The van der Waals surface area contributed by atoms with E-state index in [0.29, 0.717) is 22.4 Å². The standard InChI is InChI=1S/C22H19N5O5/c28-14-8-12(7-13(9-14)22(30)31)11-5-6-16(17(10-11)32-15-3-1-2-4-15)19-23-20-18(21(29)24-19)25-27-26-20/h5-10,15,28H,1-4H2,(H,30,31)(H2,23,24,25,26,27,29). The van der Waals surface area contributed by atoms with E-state index in [0.717, 1.165) is 25.7 Å². The summed E-state index contributed by atoms with van der Waals surface area (Å²) in [7, 11) is 0. The smallest absolute Gasteiger partial charge is 0.335 e. The van der Waals surface area contributed by atoms with Crippen molar-refractivity contribution in [2.24, 2.45) is 0 Å². The fourth-order valence-electron chi connectivity index (χ4n) is 3.97. The summed E-state index contributed by atoms with van der Waals surface area (Å²) in [5.74, 6) is -0.493. The van der Waals surface area contributed by atoms with Crippen LogP contribution in [0.25, 0.3) is 33.7 Å². The van der Waals surface area contributed by atoms with Crippen LogP contribution in [0.1, 0.15) is 36.0 Å². The Kier molecular flexibility index (Phi) is 4.81. The number of benzene rings is 2. The highest BCUT2D eigenvalue weighted by molar-refractivity contribution is 5.90. The van der Waals surface area contributed by atoms with Crippen LogP contribution >= 0.6 is 0 Å². The van der Waals surface area contributed by atoms with Crippen LogP contribution in [0.2, 0.25) is 0 Å². The molecule has 10 nitrogen and oxygen atoms in total. The molecule has 0 spiro atoms. The van der Waals surface area contributed by atoms with Gasteiger partial charge in [0.25, 0.3) is 5.56 Å². The maximum atomic E-state index is 12.4. The van der Waals surface area contributed by atoms with Crippen LogP contribution in [0.5, 0.6) is 11.5 Å². The van der Waals surface area contributed by atoms with Crippen LogP contribution in [0.3, 0.4) is 0 Å². The zero-order chi connectivity index (χ0) is 22.2. The first-order chi connectivity index (χ1) is 15.5. The number of fused-ring (bicyclic) bond motifs is 1. The molecule has 162 valence electrons. The molecule has 10 heteroatoms. The number of phenolic OH excluding ortho intramolecular Hbond substituents is 1. The van der Waals surface area contributed by atoms with Crippen molar-refractivity contribution in [1.29, 1.82) is 0 Å². The van der Waals surface area contributed by atoms with Gasteiger partial charge in [0.05, 0.1) is 17.2 Å². The fourth-order valence-corrected chi connectivity index (χ4v) is 3.97. The highest BCUT2D eigenvalue weighted by Gasteiger charge is 2.21. The van der Waals surface area contributed by atoms with Gasteiger partial charge in [-0.15, -0.1) is 10.2 Å². The van der Waals surface area contributed by atoms with Crippen molar-refractivity contribution in [2.45, 2.75) is 31.8 Å². The first-order valence-corrected chi connectivity index (χ1v) is 10.2. The van der Waals surface area contributed by atoms with Crippen molar-refractivity contribution >= 4 is 17.1 Å². The average molecular weight is 433 g/mol. The van der Waals surface area contributed by atoms with Gasteiger partial charge in [-0.3, -0.25) is 4.79 Å². The molecule has 0 saturated heterocycles. The van der Waals surface area contributed by atoms with Crippen molar-refractivity contribution in [3.63, 3.8) is 0 Å². The van der Waals surface area contributed by atoms with Gasteiger partial charge < -0.3 is 19.9 Å². The van der Waals surface area contributed by atoms with Crippen LogP contribution in [0.4, 0.5) is 0 Å². The number of carboxylic acid groups (broad SMARTS) is 1. The number of nitrogens with zero attached hydrogens (tertiary/aromatic N) is 3. The molecular weight excluding hydrogens is 414 g/mol. The minimum absolute atomic E-state index is 0.0233. The van der Waals surface area contributed by atoms with Crippen LogP contribution < -0.4 is 10.3 Å². The number of H-pyrrole nitrogens is 2. The predicted molar refractivity (Wildman–Crippen MR) is 115 cm³/mol. The van der Waals surface area contributed by atoms with Gasteiger partial charge in [0.2, 0.25) is 5.65 Å². The number of phenols is 1. The molecule has 0 atom stereocenters. The lowest BCUT2D eigenvalue weighted by Gasteiger charge is -2.17. The molecule has 32 heavy (non-hydrogen) atoms. The monoisotopic (exact) mass is 433 g/mol. The molecule has 2 aromatic heterocycles. The number of aromatic carboxylic acids is 1. The molecule has 1 fully saturated rings. The number of carboxylic acids is 1. The molecule has 1 aliphatic carbocycles. The molecule has 4 N–H and O–H groups in total. The molecule has 1 saturated carbocycles. The van der Waals surface area contributed by atoms with Gasteiger partial charge in [0.1, 0.15) is 17.3 Å². The number of aromatic hydroxyl groups is 1. The van der Waals surface area contributed by atoms with Crippen LogP contribution in [-0.2, 0) is 0 Å². The largest absolute Gasteiger partial charge is 0.508 e. The zero-order valence-corrected chi connectivity index (χ0v) is 16.8. The van der Waals surface area contributed by atoms with E-state index in [4.69, 9.17) is 4.74 Å². The van der Waals surface area contributed by atoms with E-state index in [1.807, 2.05) is 0 Å². The van der Waals surface area contributed by atoms with E-state index < -0.39 is 11.5 Å². The first kappa shape index (κ1) is 19.7. The van der Waals surface area contributed by atoms with E-state index in [1.165, 1.54) is 18.2 Å². The van der Waals surface area contributed by atoms with Crippen molar-refractivity contribution < 1.29 is 19.7 Å². The predicted octanol–water partition coefficient (Wildman–Crippen LogP) is 3.10. The second-order valence-electron chi connectivity index (χ2n) is 7.72. The van der Waals surface area contributed by atoms with Crippen molar-refractivity contribution in [1.82, 2.24) is 25.4 Å². The third kappa shape index (κ3) is 3.66. The summed E-state index contributed by atoms with van der Waals surface area (Å²) in [6, 6.07) is 9.43. The Morgan fingerprint density at radius 2 is 1.88 bits per heavy atom. The second-order valence-corrected chi connectivity index (χ2v) is 7.72. The Morgan fingerprint density at radius 3 is 2.66 bits per heavy atom. The van der Waals surface area contributed by atoms with Gasteiger partial charge in [0, 0.05) is 0 Å². The van der Waals surface area contributed by atoms with E-state index >= 15 is 0 Å². The Bertz CT molecular complexity index is 1390. The van der Waals surface area contributed by atoms with E-state index in [-0.39, 0.29) is 34.4 Å². The van der Waals surface area contributed by atoms with Crippen LogP contribution in [-0.4, -0.2) is 47.7 Å². The van der Waals surface area contributed by atoms with E-state index in [1.54, 1.807) is 18.2 Å². The normalized spacial score (nSPS) is 14.1. The third-order valence-electron chi connectivity index (χ3n) is 5.52. The summed E-state index contributed by atoms with van der Waals surface area (Å²) < 4.78 is 6.28. The summed E-state index contributed by atoms with van der Waals surface area (Å²) >= 11 is 0. The first-order valence-electron chi connectivity index (χ1n) is 10.2. The Hall–Kier alpha value is -4.21. The number of nitrogens with one attached hydrogen (secondary N) is 2. The minimum atomic E-state index is -1.14. The lowest BCUT2D eigenvalue weighted by atomic mass is 10.00. The summed E-state index contributed by atoms with van der Waals surface area (Å²) in [6.45, 7) is 0. The molecule has 4 aromatic rings. The number of ether oxygens (including phenoxy) is 1. The molecule has 0 amide bonds. The summed E-state index contributed by atoms with van der Waals surface area (Å²) in [5, 5.41) is 29.4. The quantitative estimate of drug-likeness (QED) is 0.374. The Morgan fingerprint density at radius 1 is 1.06 bits per heavy atom. The van der Waals surface area contributed by atoms with Gasteiger partial charge in [-0.2, -0.15) is 5.21 Å². The lowest BCUT2D eigenvalue weighted by Crippen LogP contribution is -2.13. The van der Waals surface area contributed by atoms with Gasteiger partial charge in [-0.1, -0.05) is 6.07 Å².